The lowest BCUT2D eigenvalue weighted by Crippen LogP contribution is -2.55. The number of alkyl halides is 3. The van der Waals surface area contributed by atoms with Gasteiger partial charge >= 0.3 is 24.2 Å². The van der Waals surface area contributed by atoms with Gasteiger partial charge in [-0.15, -0.1) is 0 Å². The van der Waals surface area contributed by atoms with Crippen molar-refractivity contribution >= 4 is 84.6 Å². The maximum absolute atomic E-state index is 14.2. The number of likely N-dealkylation sites (tertiary alicyclic amines) is 3. The van der Waals surface area contributed by atoms with Crippen LogP contribution in [0.25, 0.3) is 32.3 Å². The minimum Gasteiger partial charge on any atom is -0.462 e. The van der Waals surface area contributed by atoms with E-state index >= 15 is 0 Å². The highest BCUT2D eigenvalue weighted by Gasteiger charge is 2.42. The molecule has 6 atom stereocenters. The van der Waals surface area contributed by atoms with Gasteiger partial charge in [0.25, 0.3) is 0 Å². The molecule has 10 aliphatic rings. The van der Waals surface area contributed by atoms with Gasteiger partial charge in [0.15, 0.2) is 0 Å². The Balaban J connectivity index is 0.000000144. The summed E-state index contributed by atoms with van der Waals surface area (Å²) in [5.74, 6) is 0.128. The van der Waals surface area contributed by atoms with Crippen LogP contribution in [0.3, 0.4) is 0 Å². The van der Waals surface area contributed by atoms with Crippen LogP contribution in [0.2, 0.25) is 0 Å². The first-order valence-corrected chi connectivity index (χ1v) is 48.9. The standard InChI is InChI=1S/C36H42FN7O2.C36H44FN7O2.C34H37F4N7O2/c1-24(37)20-33(45)44-19-18-43(21-27(44)13-15-38)35-30-14-17-42(22-31(30)39-36(40-35)46-23-28-8-5-16-41(28)2)32-10-4-7-26-6-3-9-29(34(26)32)25-11-12-25;1-24(2)29-11-5-8-26-9-6-12-32(34(26)29)42-17-14-30-31(22-42)39-36(46-23-28-10-7-16-41(28)4)40-35(30)43-18-19-44(27(21-43)13-15-38)33(45)20-25(3)37;1-22(35)18-30(46)45-17-16-44(19-24(45)11-13-39)32-26-12-15-43(20-28(26)40-33(41-32)47-21-25-8-5-14-42(25)2)29-10-4-7-23-6-3-9-27(31(23)29)34(36,37)38/h3-4,6-7,9-10,25,27-28H,1,5,8,11-14,16-23H2,2H3;5-6,8-9,11-12,24,27-28H,3,7,10,13-14,16-23H2,1-2,4H3;3-4,6-7,9-10,24-25H,1,5,8,11-12,14-21H2,2H3/t2*27-,28-;24-,25-/m000/s1. The molecule has 33 heteroatoms. The van der Waals surface area contributed by atoms with Crippen molar-refractivity contribution in [3.63, 3.8) is 0 Å². The van der Waals surface area contributed by atoms with Gasteiger partial charge < -0.3 is 73.0 Å². The second-order valence-corrected chi connectivity index (χ2v) is 38.8. The molecule has 12 heterocycles. The molecule has 3 aromatic heterocycles. The molecule has 7 fully saturated rings. The van der Waals surface area contributed by atoms with Crippen LogP contribution in [-0.2, 0) is 59.5 Å². The van der Waals surface area contributed by atoms with E-state index in [1.807, 2.05) is 16.8 Å². The van der Waals surface area contributed by atoms with Crippen LogP contribution >= 0.6 is 0 Å². The lowest BCUT2D eigenvalue weighted by Gasteiger charge is -2.42. The average Bonchev–Trinajstić information content (AvgIpc) is 1.74. The summed E-state index contributed by atoms with van der Waals surface area (Å²) in [6.45, 7) is 25.9. The van der Waals surface area contributed by atoms with Gasteiger partial charge in [-0.1, -0.05) is 119 Å². The summed E-state index contributed by atoms with van der Waals surface area (Å²) in [5.41, 5.74) is 10.6. The number of nitriles is 3. The Labute approximate surface area is 808 Å². The highest BCUT2D eigenvalue weighted by Crippen LogP contribution is 2.48. The third-order valence-electron chi connectivity index (χ3n) is 29.3. The monoisotopic (exact) mass is 1900 g/mol. The van der Waals surface area contributed by atoms with Crippen molar-refractivity contribution in [2.45, 2.75) is 197 Å². The zero-order chi connectivity index (χ0) is 97.5. The molecule has 1 saturated carbocycles. The SMILES string of the molecule is C=C(F)CC(=O)N1CCN(c2nc(OC[C@@H]3CCCN3C)nc3c2CCN(c2cccc4cccc(C(C)C)c24)C3)C[C@@H]1CC#N.C=C(F)CC(=O)N1CCN(c2nc(OC[C@@H]3CCCN3C)nc3c2CCN(c2cccc4cccc(C(F)(F)F)c24)C3)C[C@@H]1CC#N.C=C(F)CC(=O)N1CCN(c2nc(OC[C@@H]3CCCN3C)nc3c2CCN(c2cccc4cccc(C5CC5)c24)C3)C[C@@H]1CC#N. The number of hydrogen-bond donors (Lipinski definition) is 0. The molecule has 27 nitrogen and oxygen atoms in total. The molecular weight excluding hydrogens is 1780 g/mol. The smallest absolute Gasteiger partial charge is 0.417 e. The van der Waals surface area contributed by atoms with Crippen molar-refractivity contribution in [2.24, 2.45) is 0 Å². The molecule has 0 unspecified atom stereocenters. The summed E-state index contributed by atoms with van der Waals surface area (Å²) >= 11 is 0. The number of rotatable bonds is 26. The zero-order valence-corrected chi connectivity index (χ0v) is 80.1. The van der Waals surface area contributed by atoms with E-state index in [9.17, 15) is 56.5 Å². The fraction of sp³-hybridized carbons (Fsp3) is 0.491. The minimum absolute atomic E-state index is 0.0576. The molecule has 1 aliphatic carbocycles. The molecule has 9 aliphatic heterocycles. The predicted molar refractivity (Wildman–Crippen MR) is 525 cm³/mol. The molecule has 139 heavy (non-hydrogen) atoms. The van der Waals surface area contributed by atoms with Gasteiger partial charge in [-0.25, -0.2) is 13.2 Å². The summed E-state index contributed by atoms with van der Waals surface area (Å²) in [7, 11) is 6.31. The fourth-order valence-corrected chi connectivity index (χ4v) is 21.9. The Morgan fingerprint density at radius 1 is 0.410 bits per heavy atom. The van der Waals surface area contributed by atoms with Crippen molar-refractivity contribution < 1.29 is 54.9 Å². The third kappa shape index (κ3) is 22.2. The van der Waals surface area contributed by atoms with Gasteiger partial charge in [0.05, 0.1) is 117 Å². The van der Waals surface area contributed by atoms with Crippen molar-refractivity contribution in [3.8, 4) is 36.2 Å². The van der Waals surface area contributed by atoms with Gasteiger partial charge in [0, 0.05) is 147 Å². The number of likely N-dealkylation sites (N-methyl/N-ethyl adjacent to an activating group) is 3. The number of hydrogen-bond acceptors (Lipinski definition) is 24. The molecule has 9 aromatic rings. The number of benzene rings is 6. The van der Waals surface area contributed by atoms with Gasteiger partial charge in [-0.3, -0.25) is 14.4 Å². The number of piperazine rings is 3. The molecule has 0 bridgehead atoms. The number of fused-ring (bicyclic) bond motifs is 6. The van der Waals surface area contributed by atoms with E-state index in [0.717, 1.165) is 130 Å². The molecule has 3 amide bonds. The van der Waals surface area contributed by atoms with Crippen LogP contribution in [0.4, 0.5) is 60.9 Å². The van der Waals surface area contributed by atoms with Gasteiger partial charge in [0.1, 0.15) is 54.8 Å². The van der Waals surface area contributed by atoms with Crippen LogP contribution in [-0.4, -0.2) is 252 Å². The number of aromatic nitrogens is 6. The number of anilines is 6. The third-order valence-corrected chi connectivity index (χ3v) is 29.3. The topological polar surface area (TPSA) is 266 Å². The molecule has 6 aromatic carbocycles. The van der Waals surface area contributed by atoms with E-state index in [4.69, 9.17) is 44.1 Å². The molecular formula is C106H123F6N21O6. The number of amides is 3. The van der Waals surface area contributed by atoms with E-state index < -0.39 is 47.6 Å². The molecule has 0 spiro atoms. The lowest BCUT2D eigenvalue weighted by atomic mass is 9.93. The molecule has 0 radical (unpaired) electrons. The van der Waals surface area contributed by atoms with Crippen molar-refractivity contribution in [2.75, 3.05) is 169 Å². The van der Waals surface area contributed by atoms with E-state index in [1.165, 1.54) is 67.9 Å². The lowest BCUT2D eigenvalue weighted by molar-refractivity contribution is -0.136. The Morgan fingerprint density at radius 3 is 1.07 bits per heavy atom. The maximum atomic E-state index is 14.2. The number of ether oxygens (including phenoxy) is 3. The fourth-order valence-electron chi connectivity index (χ4n) is 21.9. The van der Waals surface area contributed by atoms with Crippen LogP contribution < -0.4 is 43.6 Å². The zero-order valence-electron chi connectivity index (χ0n) is 80.1. The van der Waals surface area contributed by atoms with E-state index in [2.05, 4.69) is 173 Å². The number of carbonyl (C=O) groups excluding carboxylic acids is 3. The first-order valence-electron chi connectivity index (χ1n) is 48.9. The first-order chi connectivity index (χ1) is 67.1. The Bertz CT molecular complexity index is 5970. The van der Waals surface area contributed by atoms with Gasteiger partial charge in [-0.2, -0.15) is 58.9 Å². The normalized spacial score (nSPS) is 20.7. The summed E-state index contributed by atoms with van der Waals surface area (Å²) in [5, 5.41) is 34.5. The quantitative estimate of drug-likeness (QED) is 0.0456. The van der Waals surface area contributed by atoms with Gasteiger partial charge in [0.2, 0.25) is 17.7 Å². The van der Waals surface area contributed by atoms with Crippen LogP contribution in [0.1, 0.15) is 166 Å². The largest absolute Gasteiger partial charge is 0.462 e. The predicted octanol–water partition coefficient (Wildman–Crippen LogP) is 16.4. The van der Waals surface area contributed by atoms with Crippen molar-refractivity contribution in [1.82, 2.24) is 59.3 Å². The van der Waals surface area contributed by atoms with Gasteiger partial charge in [-0.05, 0) is 175 Å². The molecule has 6 saturated heterocycles. The summed E-state index contributed by atoms with van der Waals surface area (Å²) in [6, 6.07) is 42.9. The number of halogens is 6. The molecule has 730 valence electrons. The summed E-state index contributed by atoms with van der Waals surface area (Å²) in [6.07, 6.45) is 5.70. The number of nitrogens with zero attached hydrogens (tertiary/aromatic N) is 21. The van der Waals surface area contributed by atoms with E-state index in [-0.39, 0.29) is 86.5 Å². The second-order valence-electron chi connectivity index (χ2n) is 38.8. The van der Waals surface area contributed by atoms with E-state index in [0.29, 0.717) is 157 Å². The molecule has 0 N–H and O–H groups in total. The Kier molecular flexibility index (Phi) is 30.4. The second kappa shape index (κ2) is 43.2. The number of carbonyl (C=O) groups is 3. The van der Waals surface area contributed by atoms with Crippen LogP contribution in [0, 0.1) is 34.0 Å². The maximum Gasteiger partial charge on any atom is 0.417 e. The highest BCUT2D eigenvalue weighted by atomic mass is 19.4. The van der Waals surface area contributed by atoms with Crippen molar-refractivity contribution in [3.05, 3.63) is 197 Å². The summed E-state index contributed by atoms with van der Waals surface area (Å²) < 4.78 is 102. The Hall–Kier alpha value is -12.9. The van der Waals surface area contributed by atoms with Crippen LogP contribution in [0.15, 0.2) is 146 Å². The average molecular weight is 1900 g/mol. The Morgan fingerprint density at radius 2 is 0.741 bits per heavy atom. The van der Waals surface area contributed by atoms with Crippen LogP contribution in [0.5, 0.6) is 18.0 Å². The van der Waals surface area contributed by atoms with Crippen molar-refractivity contribution in [1.29, 1.82) is 15.8 Å². The van der Waals surface area contributed by atoms with E-state index in [1.54, 1.807) is 34.1 Å². The highest BCUT2D eigenvalue weighted by molar-refractivity contribution is 6.00. The molecule has 19 rings (SSSR count). The summed E-state index contributed by atoms with van der Waals surface area (Å²) in [4.78, 5) is 92.9. The minimum atomic E-state index is -4.52. The first kappa shape index (κ1) is 97.7.